The van der Waals surface area contributed by atoms with Gasteiger partial charge < -0.3 is 11.1 Å². The number of carbonyl (C=O) groups excluding carboxylic acids is 1. The maximum atomic E-state index is 12.4. The number of anilines is 1. The van der Waals surface area contributed by atoms with Crippen molar-refractivity contribution in [3.63, 3.8) is 0 Å². The molecule has 0 radical (unpaired) electrons. The monoisotopic (exact) mass is 281 g/mol. The van der Waals surface area contributed by atoms with Crippen LogP contribution in [0.15, 0.2) is 36.5 Å². The number of fused-ring (bicyclic) bond motifs is 1. The van der Waals surface area contributed by atoms with Crippen LogP contribution in [0.5, 0.6) is 0 Å². The Morgan fingerprint density at radius 2 is 2.10 bits per heavy atom. The van der Waals surface area contributed by atoms with Gasteiger partial charge in [0.2, 0.25) is 0 Å². The number of nitrogens with zero attached hydrogens (tertiary/aromatic N) is 1. The number of aryl methyl sites for hydroxylation is 1. The standard InChI is InChI=1S/C17H19N3O/c18-11-14-10-13(8-9-19-14)17(21)20-16-7-3-5-12-4-1-2-6-15(12)16/h3,5,7-10H,1-2,4,6,11,18H2,(H,20,21). The maximum Gasteiger partial charge on any atom is 0.255 e. The van der Waals surface area contributed by atoms with Crippen molar-refractivity contribution in [2.75, 3.05) is 5.32 Å². The molecule has 0 saturated heterocycles. The van der Waals surface area contributed by atoms with Crippen molar-refractivity contribution in [3.8, 4) is 0 Å². The second-order valence-electron chi connectivity index (χ2n) is 5.34. The number of aromatic nitrogens is 1. The van der Waals surface area contributed by atoms with Crippen LogP contribution in [0.1, 0.15) is 40.0 Å². The van der Waals surface area contributed by atoms with E-state index in [-0.39, 0.29) is 5.91 Å². The first-order valence-corrected chi connectivity index (χ1v) is 7.35. The van der Waals surface area contributed by atoms with E-state index < -0.39 is 0 Å². The number of rotatable bonds is 3. The predicted molar refractivity (Wildman–Crippen MR) is 83.2 cm³/mol. The van der Waals surface area contributed by atoms with Crippen LogP contribution in [-0.4, -0.2) is 10.9 Å². The molecule has 4 heteroatoms. The molecule has 108 valence electrons. The summed E-state index contributed by atoms with van der Waals surface area (Å²) in [6, 6.07) is 9.60. The highest BCUT2D eigenvalue weighted by Crippen LogP contribution is 2.28. The molecule has 0 unspecified atom stereocenters. The lowest BCUT2D eigenvalue weighted by atomic mass is 9.90. The first-order chi connectivity index (χ1) is 10.3. The second kappa shape index (κ2) is 6.06. The number of amides is 1. The molecule has 0 bridgehead atoms. The van der Waals surface area contributed by atoms with E-state index in [1.165, 1.54) is 24.0 Å². The zero-order chi connectivity index (χ0) is 14.7. The molecule has 0 saturated carbocycles. The van der Waals surface area contributed by atoms with Crippen LogP contribution in [0.3, 0.4) is 0 Å². The Morgan fingerprint density at radius 1 is 1.24 bits per heavy atom. The molecule has 1 heterocycles. The van der Waals surface area contributed by atoms with Gasteiger partial charge in [0.1, 0.15) is 0 Å². The Hall–Kier alpha value is -2.20. The summed E-state index contributed by atoms with van der Waals surface area (Å²) in [5.41, 5.74) is 10.5. The van der Waals surface area contributed by atoms with Gasteiger partial charge in [-0.25, -0.2) is 0 Å². The van der Waals surface area contributed by atoms with Gasteiger partial charge in [0, 0.05) is 24.0 Å². The van der Waals surface area contributed by atoms with Gasteiger partial charge in [-0.1, -0.05) is 12.1 Å². The molecule has 1 aliphatic rings. The van der Waals surface area contributed by atoms with E-state index in [2.05, 4.69) is 16.4 Å². The molecule has 3 rings (SSSR count). The zero-order valence-electron chi connectivity index (χ0n) is 11.9. The minimum absolute atomic E-state index is 0.105. The molecule has 1 aromatic heterocycles. The fourth-order valence-corrected chi connectivity index (χ4v) is 2.82. The molecule has 0 atom stereocenters. The van der Waals surface area contributed by atoms with Crippen LogP contribution in [0.25, 0.3) is 0 Å². The summed E-state index contributed by atoms with van der Waals surface area (Å²) in [6.45, 7) is 0.335. The van der Waals surface area contributed by atoms with Gasteiger partial charge in [-0.3, -0.25) is 9.78 Å². The SMILES string of the molecule is NCc1cc(C(=O)Nc2cccc3c2CCCC3)ccn1. The summed E-state index contributed by atoms with van der Waals surface area (Å²) in [4.78, 5) is 16.5. The van der Waals surface area contributed by atoms with Crippen LogP contribution in [0, 0.1) is 0 Å². The van der Waals surface area contributed by atoms with Crippen LogP contribution in [-0.2, 0) is 19.4 Å². The summed E-state index contributed by atoms with van der Waals surface area (Å²) in [6.07, 6.45) is 6.18. The van der Waals surface area contributed by atoms with Crippen LogP contribution in [0.2, 0.25) is 0 Å². The Morgan fingerprint density at radius 3 is 2.95 bits per heavy atom. The summed E-state index contributed by atoms with van der Waals surface area (Å²) < 4.78 is 0. The Labute approximate surface area is 124 Å². The highest BCUT2D eigenvalue weighted by atomic mass is 16.1. The highest BCUT2D eigenvalue weighted by molar-refractivity contribution is 6.04. The number of hydrogen-bond acceptors (Lipinski definition) is 3. The number of nitrogens with one attached hydrogen (secondary N) is 1. The first kappa shape index (κ1) is 13.8. The molecule has 1 aliphatic carbocycles. The number of carbonyl (C=O) groups is 1. The summed E-state index contributed by atoms with van der Waals surface area (Å²) in [7, 11) is 0. The van der Waals surface area contributed by atoms with Gasteiger partial charge in [0.15, 0.2) is 0 Å². The van der Waals surface area contributed by atoms with Gasteiger partial charge in [-0.2, -0.15) is 0 Å². The quantitative estimate of drug-likeness (QED) is 0.909. The van der Waals surface area contributed by atoms with Gasteiger partial charge in [0.25, 0.3) is 5.91 Å². The van der Waals surface area contributed by atoms with Crippen molar-refractivity contribution < 1.29 is 4.79 Å². The fourth-order valence-electron chi connectivity index (χ4n) is 2.82. The van der Waals surface area contributed by atoms with E-state index in [0.717, 1.165) is 24.2 Å². The van der Waals surface area contributed by atoms with E-state index in [1.807, 2.05) is 12.1 Å². The summed E-state index contributed by atoms with van der Waals surface area (Å²) in [5, 5.41) is 3.03. The molecule has 0 aliphatic heterocycles. The lowest BCUT2D eigenvalue weighted by Gasteiger charge is -2.19. The largest absolute Gasteiger partial charge is 0.325 e. The van der Waals surface area contributed by atoms with Crippen molar-refractivity contribution in [1.29, 1.82) is 0 Å². The van der Waals surface area contributed by atoms with Crippen molar-refractivity contribution in [3.05, 3.63) is 58.9 Å². The molecule has 3 N–H and O–H groups in total. The Kier molecular flexibility index (Phi) is 3.97. The molecule has 4 nitrogen and oxygen atoms in total. The van der Waals surface area contributed by atoms with E-state index in [0.29, 0.717) is 12.1 Å². The summed E-state index contributed by atoms with van der Waals surface area (Å²) in [5.74, 6) is -0.105. The van der Waals surface area contributed by atoms with Crippen molar-refractivity contribution >= 4 is 11.6 Å². The van der Waals surface area contributed by atoms with E-state index in [1.54, 1.807) is 18.3 Å². The molecule has 1 aromatic carbocycles. The number of pyridine rings is 1. The van der Waals surface area contributed by atoms with Crippen molar-refractivity contribution in [2.45, 2.75) is 32.2 Å². The topological polar surface area (TPSA) is 68.0 Å². The van der Waals surface area contributed by atoms with Gasteiger partial charge in [0.05, 0.1) is 5.69 Å². The smallest absolute Gasteiger partial charge is 0.255 e. The molecular formula is C17H19N3O. The van der Waals surface area contributed by atoms with E-state index in [4.69, 9.17) is 5.73 Å². The number of hydrogen-bond donors (Lipinski definition) is 2. The second-order valence-corrected chi connectivity index (χ2v) is 5.34. The Balaban J connectivity index is 1.84. The average molecular weight is 281 g/mol. The Bertz CT molecular complexity index is 667. The number of nitrogens with two attached hydrogens (primary N) is 1. The minimum atomic E-state index is -0.105. The molecule has 2 aromatic rings. The lowest BCUT2D eigenvalue weighted by molar-refractivity contribution is 0.102. The third kappa shape index (κ3) is 2.95. The molecule has 0 fully saturated rings. The van der Waals surface area contributed by atoms with Crippen LogP contribution >= 0.6 is 0 Å². The normalized spacial score (nSPS) is 13.6. The van der Waals surface area contributed by atoms with E-state index in [9.17, 15) is 4.79 Å². The zero-order valence-corrected chi connectivity index (χ0v) is 11.9. The fraction of sp³-hybridized carbons (Fsp3) is 0.294. The first-order valence-electron chi connectivity index (χ1n) is 7.35. The highest BCUT2D eigenvalue weighted by Gasteiger charge is 2.15. The lowest BCUT2D eigenvalue weighted by Crippen LogP contribution is -2.16. The van der Waals surface area contributed by atoms with Crippen molar-refractivity contribution in [2.24, 2.45) is 5.73 Å². The third-order valence-electron chi connectivity index (χ3n) is 3.93. The van der Waals surface area contributed by atoms with Crippen molar-refractivity contribution in [1.82, 2.24) is 4.98 Å². The van der Waals surface area contributed by atoms with Gasteiger partial charge in [-0.05, 0) is 55.0 Å². The van der Waals surface area contributed by atoms with Gasteiger partial charge in [-0.15, -0.1) is 0 Å². The molecule has 0 spiro atoms. The minimum Gasteiger partial charge on any atom is -0.325 e. The van der Waals surface area contributed by atoms with Crippen LogP contribution < -0.4 is 11.1 Å². The molecule has 1 amide bonds. The molecular weight excluding hydrogens is 262 g/mol. The van der Waals surface area contributed by atoms with E-state index >= 15 is 0 Å². The average Bonchev–Trinajstić information content (AvgIpc) is 2.55. The molecule has 21 heavy (non-hydrogen) atoms. The summed E-state index contributed by atoms with van der Waals surface area (Å²) >= 11 is 0. The number of benzene rings is 1. The predicted octanol–water partition coefficient (Wildman–Crippen LogP) is 2.67. The third-order valence-corrected chi connectivity index (χ3v) is 3.93. The van der Waals surface area contributed by atoms with Gasteiger partial charge >= 0.3 is 0 Å². The maximum absolute atomic E-state index is 12.4. The van der Waals surface area contributed by atoms with Crippen LogP contribution in [0.4, 0.5) is 5.69 Å².